The number of aromatic nitrogens is 1. The SMILES string of the molecule is c1coc(CN(Cc2ccncc2)Cc2ccc([C@@H]3CCCO3)s2)c1. The minimum absolute atomic E-state index is 0.303. The molecule has 1 aliphatic rings. The van der Waals surface area contributed by atoms with Crippen molar-refractivity contribution in [1.82, 2.24) is 9.88 Å². The van der Waals surface area contributed by atoms with Crippen LogP contribution < -0.4 is 0 Å². The molecule has 0 aromatic carbocycles. The van der Waals surface area contributed by atoms with Crippen LogP contribution in [0.3, 0.4) is 0 Å². The van der Waals surface area contributed by atoms with Gasteiger partial charge in [0.2, 0.25) is 0 Å². The topological polar surface area (TPSA) is 38.5 Å². The quantitative estimate of drug-likeness (QED) is 0.611. The predicted octanol–water partition coefficient (Wildman–Crippen LogP) is 4.79. The van der Waals surface area contributed by atoms with Crippen molar-refractivity contribution in [2.45, 2.75) is 38.6 Å². The first-order valence-corrected chi connectivity index (χ1v) is 9.52. The van der Waals surface area contributed by atoms with Gasteiger partial charge in [-0.2, -0.15) is 0 Å². The average molecular weight is 354 g/mol. The molecule has 0 saturated carbocycles. The summed E-state index contributed by atoms with van der Waals surface area (Å²) in [5, 5.41) is 0. The summed E-state index contributed by atoms with van der Waals surface area (Å²) in [5.74, 6) is 0.991. The van der Waals surface area contributed by atoms with Gasteiger partial charge in [0.15, 0.2) is 0 Å². The van der Waals surface area contributed by atoms with Gasteiger partial charge in [-0.1, -0.05) is 0 Å². The Morgan fingerprint density at radius 3 is 2.76 bits per heavy atom. The van der Waals surface area contributed by atoms with Gasteiger partial charge in [0.1, 0.15) is 5.76 Å². The van der Waals surface area contributed by atoms with E-state index in [9.17, 15) is 0 Å². The van der Waals surface area contributed by atoms with Crippen molar-refractivity contribution in [1.29, 1.82) is 0 Å². The van der Waals surface area contributed by atoms with Gasteiger partial charge < -0.3 is 9.15 Å². The Morgan fingerprint density at radius 1 is 1.08 bits per heavy atom. The standard InChI is InChI=1S/C20H22N2O2S/c1-3-17(23-11-1)14-22(13-16-7-9-21-10-8-16)15-18-5-6-20(25-18)19-4-2-12-24-19/h1,3,5-11,19H,2,4,12-15H2/t19-/m0/s1. The summed E-state index contributed by atoms with van der Waals surface area (Å²) in [6.07, 6.45) is 8.05. The zero-order valence-corrected chi connectivity index (χ0v) is 15.0. The second kappa shape index (κ2) is 7.95. The van der Waals surface area contributed by atoms with Gasteiger partial charge in [0.05, 0.1) is 18.9 Å². The smallest absolute Gasteiger partial charge is 0.117 e. The van der Waals surface area contributed by atoms with E-state index in [4.69, 9.17) is 9.15 Å². The van der Waals surface area contributed by atoms with Gasteiger partial charge >= 0.3 is 0 Å². The molecule has 4 rings (SSSR count). The Bertz CT molecular complexity index is 764. The third-order valence-electron chi connectivity index (χ3n) is 4.42. The lowest BCUT2D eigenvalue weighted by Gasteiger charge is -2.20. The molecule has 0 N–H and O–H groups in total. The predicted molar refractivity (Wildman–Crippen MR) is 98.1 cm³/mol. The van der Waals surface area contributed by atoms with E-state index in [0.717, 1.165) is 38.4 Å². The highest BCUT2D eigenvalue weighted by molar-refractivity contribution is 7.12. The highest BCUT2D eigenvalue weighted by atomic mass is 32.1. The molecule has 4 heterocycles. The molecule has 3 aromatic rings. The second-order valence-corrected chi connectivity index (χ2v) is 7.59. The molecule has 1 saturated heterocycles. The number of pyridine rings is 1. The van der Waals surface area contributed by atoms with E-state index in [-0.39, 0.29) is 0 Å². The van der Waals surface area contributed by atoms with Gasteiger partial charge in [-0.25, -0.2) is 0 Å². The van der Waals surface area contributed by atoms with Crippen LogP contribution in [0.25, 0.3) is 0 Å². The Balaban J connectivity index is 1.47. The van der Waals surface area contributed by atoms with E-state index >= 15 is 0 Å². The Morgan fingerprint density at radius 2 is 2.00 bits per heavy atom. The molecule has 1 atom stereocenters. The molecule has 1 fully saturated rings. The summed E-state index contributed by atoms with van der Waals surface area (Å²) >= 11 is 1.87. The van der Waals surface area contributed by atoms with Crippen LogP contribution in [0.4, 0.5) is 0 Å². The molecule has 0 spiro atoms. The van der Waals surface area contributed by atoms with Crippen LogP contribution in [-0.4, -0.2) is 16.5 Å². The van der Waals surface area contributed by atoms with Crippen LogP contribution in [0.15, 0.2) is 59.5 Å². The average Bonchev–Trinajstić information content (AvgIpc) is 3.38. The molecule has 0 unspecified atom stereocenters. The van der Waals surface area contributed by atoms with Gasteiger partial charge in [0, 0.05) is 41.8 Å². The maximum Gasteiger partial charge on any atom is 0.117 e. The summed E-state index contributed by atoms with van der Waals surface area (Å²) in [4.78, 5) is 9.24. The zero-order valence-electron chi connectivity index (χ0n) is 14.1. The molecule has 0 amide bonds. The maximum absolute atomic E-state index is 5.81. The third-order valence-corrected chi connectivity index (χ3v) is 5.59. The molecule has 1 aliphatic heterocycles. The first-order chi connectivity index (χ1) is 12.4. The number of thiophene rings is 1. The number of hydrogen-bond donors (Lipinski definition) is 0. The largest absolute Gasteiger partial charge is 0.468 e. The number of rotatable bonds is 7. The lowest BCUT2D eigenvalue weighted by atomic mass is 10.2. The van der Waals surface area contributed by atoms with E-state index in [1.54, 1.807) is 6.26 Å². The van der Waals surface area contributed by atoms with E-state index in [2.05, 4.69) is 34.1 Å². The van der Waals surface area contributed by atoms with Gasteiger partial charge in [-0.15, -0.1) is 11.3 Å². The van der Waals surface area contributed by atoms with Gasteiger partial charge in [-0.3, -0.25) is 9.88 Å². The minimum atomic E-state index is 0.303. The van der Waals surface area contributed by atoms with Crippen LogP contribution in [0.2, 0.25) is 0 Å². The van der Waals surface area contributed by atoms with E-state index in [1.165, 1.54) is 21.7 Å². The molecule has 0 bridgehead atoms. The number of furan rings is 1. The van der Waals surface area contributed by atoms with E-state index in [1.807, 2.05) is 35.9 Å². The first-order valence-electron chi connectivity index (χ1n) is 8.71. The fraction of sp³-hybridized carbons (Fsp3) is 0.350. The highest BCUT2D eigenvalue weighted by Gasteiger charge is 2.20. The highest BCUT2D eigenvalue weighted by Crippen LogP contribution is 2.33. The number of hydrogen-bond acceptors (Lipinski definition) is 5. The fourth-order valence-corrected chi connectivity index (χ4v) is 4.35. The summed E-state index contributed by atoms with van der Waals surface area (Å²) in [7, 11) is 0. The van der Waals surface area contributed by atoms with Crippen molar-refractivity contribution >= 4 is 11.3 Å². The van der Waals surface area contributed by atoms with Crippen molar-refractivity contribution in [3.63, 3.8) is 0 Å². The lowest BCUT2D eigenvalue weighted by molar-refractivity contribution is 0.114. The second-order valence-electron chi connectivity index (χ2n) is 6.39. The molecule has 4 nitrogen and oxygen atoms in total. The van der Waals surface area contributed by atoms with Crippen LogP contribution in [-0.2, 0) is 24.4 Å². The summed E-state index contributed by atoms with van der Waals surface area (Å²) in [6, 6.07) is 12.6. The van der Waals surface area contributed by atoms with Crippen LogP contribution in [0, 0.1) is 0 Å². The molecule has 25 heavy (non-hydrogen) atoms. The third kappa shape index (κ3) is 4.37. The molecule has 0 aliphatic carbocycles. The summed E-state index contributed by atoms with van der Waals surface area (Å²) < 4.78 is 11.4. The molecular formula is C20H22N2O2S. The lowest BCUT2D eigenvalue weighted by Crippen LogP contribution is -2.21. The number of ether oxygens (including phenoxy) is 1. The van der Waals surface area contributed by atoms with E-state index < -0.39 is 0 Å². The number of nitrogens with zero attached hydrogens (tertiary/aromatic N) is 2. The van der Waals surface area contributed by atoms with Gasteiger partial charge in [0.25, 0.3) is 0 Å². The van der Waals surface area contributed by atoms with Crippen molar-refractivity contribution in [3.05, 3.63) is 76.1 Å². The molecule has 130 valence electrons. The van der Waals surface area contributed by atoms with Crippen molar-refractivity contribution in [3.8, 4) is 0 Å². The molecule has 3 aromatic heterocycles. The van der Waals surface area contributed by atoms with E-state index in [0.29, 0.717) is 6.10 Å². The molecule has 5 heteroatoms. The Kier molecular flexibility index (Phi) is 5.25. The van der Waals surface area contributed by atoms with Crippen LogP contribution in [0.1, 0.15) is 40.0 Å². The minimum Gasteiger partial charge on any atom is -0.468 e. The summed E-state index contributed by atoms with van der Waals surface area (Å²) in [5.41, 5.74) is 1.26. The maximum atomic E-state index is 5.81. The van der Waals surface area contributed by atoms with Gasteiger partial charge in [-0.05, 0) is 54.8 Å². The molecular weight excluding hydrogens is 332 g/mol. The Labute approximate surface area is 152 Å². The fourth-order valence-electron chi connectivity index (χ4n) is 3.21. The zero-order chi connectivity index (χ0) is 16.9. The normalized spacial score (nSPS) is 17.4. The van der Waals surface area contributed by atoms with Crippen LogP contribution in [0.5, 0.6) is 0 Å². The van der Waals surface area contributed by atoms with Crippen molar-refractivity contribution in [2.24, 2.45) is 0 Å². The van der Waals surface area contributed by atoms with Crippen molar-refractivity contribution in [2.75, 3.05) is 6.61 Å². The Hall–Kier alpha value is -1.95. The van der Waals surface area contributed by atoms with Crippen LogP contribution >= 0.6 is 11.3 Å². The first kappa shape index (κ1) is 16.5. The monoisotopic (exact) mass is 354 g/mol. The molecule has 0 radical (unpaired) electrons. The summed E-state index contributed by atoms with van der Waals surface area (Å²) in [6.45, 7) is 3.46. The van der Waals surface area contributed by atoms with Crippen molar-refractivity contribution < 1.29 is 9.15 Å².